The van der Waals surface area contributed by atoms with Crippen LogP contribution in [0.15, 0.2) is 93.3 Å². The van der Waals surface area contributed by atoms with E-state index in [-0.39, 0.29) is 27.2 Å². The standard InChI is InChI=1S/C29H22BrCl4N3O5S/c1-41-27-12-18(11-23(30)29(27)42-17-19-7-8-20(31)13-25(19)33)15-35-36-28(38)16-37(21-9-10-24(32)26(34)14-21)43(39,40)22-5-3-2-4-6-22/h2-15H,16-17H2,1H3,(H,36,38)/b35-15+. The molecule has 14 heteroatoms. The van der Waals surface area contributed by atoms with E-state index in [1.807, 2.05) is 0 Å². The summed E-state index contributed by atoms with van der Waals surface area (Å²) in [5.41, 5.74) is 3.81. The van der Waals surface area contributed by atoms with Crippen molar-refractivity contribution in [1.82, 2.24) is 5.43 Å². The highest BCUT2D eigenvalue weighted by Gasteiger charge is 2.27. The highest BCUT2D eigenvalue weighted by atomic mass is 79.9. The predicted octanol–water partition coefficient (Wildman–Crippen LogP) is 8.00. The molecule has 43 heavy (non-hydrogen) atoms. The Morgan fingerprint density at radius 3 is 2.37 bits per heavy atom. The topological polar surface area (TPSA) is 97.3 Å². The van der Waals surface area contributed by atoms with Crippen LogP contribution in [0.5, 0.6) is 11.5 Å². The Morgan fingerprint density at radius 2 is 1.70 bits per heavy atom. The molecule has 4 aromatic rings. The van der Waals surface area contributed by atoms with Crippen LogP contribution in [-0.2, 0) is 21.4 Å². The molecule has 0 bridgehead atoms. The molecule has 0 spiro atoms. The van der Waals surface area contributed by atoms with Gasteiger partial charge in [0.05, 0.1) is 38.4 Å². The molecule has 8 nitrogen and oxygen atoms in total. The first-order valence-corrected chi connectivity index (χ1v) is 16.0. The number of hydrazone groups is 1. The molecule has 0 fully saturated rings. The quantitative estimate of drug-likeness (QED) is 0.124. The molecule has 1 N–H and O–H groups in total. The maximum absolute atomic E-state index is 13.5. The monoisotopic (exact) mass is 743 g/mol. The van der Waals surface area contributed by atoms with Crippen molar-refractivity contribution in [3.05, 3.63) is 115 Å². The van der Waals surface area contributed by atoms with Gasteiger partial charge in [0.2, 0.25) is 0 Å². The van der Waals surface area contributed by atoms with Gasteiger partial charge in [-0.25, -0.2) is 13.8 Å². The number of hydrogen-bond donors (Lipinski definition) is 1. The highest BCUT2D eigenvalue weighted by Crippen LogP contribution is 2.37. The zero-order valence-corrected chi connectivity index (χ0v) is 27.7. The fourth-order valence-corrected chi connectivity index (χ4v) is 6.53. The summed E-state index contributed by atoms with van der Waals surface area (Å²) in [6.07, 6.45) is 1.38. The van der Waals surface area contributed by atoms with Crippen molar-refractivity contribution < 1.29 is 22.7 Å². The largest absolute Gasteiger partial charge is 0.493 e. The molecule has 0 saturated carbocycles. The fraction of sp³-hybridized carbons (Fsp3) is 0.103. The highest BCUT2D eigenvalue weighted by molar-refractivity contribution is 9.10. The number of hydrogen-bond acceptors (Lipinski definition) is 6. The molecule has 4 rings (SSSR count). The number of nitrogens with zero attached hydrogens (tertiary/aromatic N) is 2. The summed E-state index contributed by atoms with van der Waals surface area (Å²) in [4.78, 5) is 12.9. The molecule has 0 aromatic heterocycles. The van der Waals surface area contributed by atoms with E-state index in [0.29, 0.717) is 31.6 Å². The van der Waals surface area contributed by atoms with Gasteiger partial charge in [-0.2, -0.15) is 5.10 Å². The third-order valence-electron chi connectivity index (χ3n) is 5.85. The maximum atomic E-state index is 13.5. The molecule has 0 heterocycles. The first kappa shape index (κ1) is 32.9. The lowest BCUT2D eigenvalue weighted by atomic mass is 10.2. The molecule has 0 unspecified atom stereocenters. The van der Waals surface area contributed by atoms with E-state index in [1.165, 1.54) is 43.7 Å². The molecule has 224 valence electrons. The van der Waals surface area contributed by atoms with Gasteiger partial charge < -0.3 is 9.47 Å². The molecular formula is C29H22BrCl4N3O5S. The van der Waals surface area contributed by atoms with Gasteiger partial charge in [0.15, 0.2) is 11.5 Å². The minimum Gasteiger partial charge on any atom is -0.493 e. The van der Waals surface area contributed by atoms with Crippen LogP contribution in [-0.4, -0.2) is 34.2 Å². The SMILES string of the molecule is COc1cc(/C=N/NC(=O)CN(c2ccc(Cl)c(Cl)c2)S(=O)(=O)c2ccccc2)cc(Br)c1OCc1ccc(Cl)cc1Cl. The van der Waals surface area contributed by atoms with Gasteiger partial charge in [-0.05, 0) is 76.1 Å². The summed E-state index contributed by atoms with van der Waals surface area (Å²) < 4.78 is 39.8. The average Bonchev–Trinajstić information content (AvgIpc) is 2.98. The number of ether oxygens (including phenoxy) is 2. The van der Waals surface area contributed by atoms with Crippen LogP contribution in [0.1, 0.15) is 11.1 Å². The van der Waals surface area contributed by atoms with Gasteiger partial charge in [0.25, 0.3) is 15.9 Å². The maximum Gasteiger partial charge on any atom is 0.264 e. The van der Waals surface area contributed by atoms with Crippen LogP contribution in [0.2, 0.25) is 20.1 Å². The van der Waals surface area contributed by atoms with E-state index in [9.17, 15) is 13.2 Å². The molecule has 0 aliphatic carbocycles. The Balaban J connectivity index is 1.50. The average molecular weight is 746 g/mol. The minimum absolute atomic E-state index is 0.00467. The van der Waals surface area contributed by atoms with Crippen molar-refractivity contribution in [3.8, 4) is 11.5 Å². The van der Waals surface area contributed by atoms with Gasteiger partial charge in [-0.3, -0.25) is 9.10 Å². The zero-order valence-electron chi connectivity index (χ0n) is 22.2. The van der Waals surface area contributed by atoms with E-state index in [0.717, 1.165) is 9.87 Å². The van der Waals surface area contributed by atoms with E-state index in [1.54, 1.807) is 48.5 Å². The molecule has 0 atom stereocenters. The Bertz CT molecular complexity index is 1780. The first-order valence-electron chi connectivity index (χ1n) is 12.3. The number of amides is 1. The van der Waals surface area contributed by atoms with Crippen molar-refractivity contribution in [1.29, 1.82) is 0 Å². The van der Waals surface area contributed by atoms with Gasteiger partial charge in [-0.15, -0.1) is 0 Å². The second-order valence-corrected chi connectivity index (χ2v) is 13.1. The summed E-state index contributed by atoms with van der Waals surface area (Å²) in [5.74, 6) is 0.123. The van der Waals surface area contributed by atoms with E-state index in [2.05, 4.69) is 26.5 Å². The number of carbonyl (C=O) groups is 1. The van der Waals surface area contributed by atoms with E-state index in [4.69, 9.17) is 55.9 Å². The number of sulfonamides is 1. The lowest BCUT2D eigenvalue weighted by molar-refractivity contribution is -0.119. The Morgan fingerprint density at radius 1 is 0.953 bits per heavy atom. The van der Waals surface area contributed by atoms with Crippen LogP contribution in [0.4, 0.5) is 5.69 Å². The van der Waals surface area contributed by atoms with Gasteiger partial charge in [-0.1, -0.05) is 70.7 Å². The lowest BCUT2D eigenvalue weighted by Crippen LogP contribution is -2.39. The van der Waals surface area contributed by atoms with Crippen molar-refractivity contribution in [2.75, 3.05) is 18.0 Å². The van der Waals surface area contributed by atoms with Crippen LogP contribution in [0.25, 0.3) is 0 Å². The normalized spacial score (nSPS) is 11.4. The Hall–Kier alpha value is -2.99. The van der Waals surface area contributed by atoms with E-state index < -0.39 is 22.5 Å². The summed E-state index contributed by atoms with van der Waals surface area (Å²) >= 11 is 27.8. The van der Waals surface area contributed by atoms with Gasteiger partial charge in [0.1, 0.15) is 13.2 Å². The van der Waals surface area contributed by atoms with Crippen LogP contribution >= 0.6 is 62.3 Å². The molecular weight excluding hydrogens is 724 g/mol. The molecule has 0 saturated heterocycles. The van der Waals surface area contributed by atoms with Gasteiger partial charge in [0, 0.05) is 15.6 Å². The minimum atomic E-state index is -4.14. The Kier molecular flexibility index (Phi) is 11.2. The number of anilines is 1. The lowest BCUT2D eigenvalue weighted by Gasteiger charge is -2.24. The van der Waals surface area contributed by atoms with Crippen molar-refractivity contribution in [3.63, 3.8) is 0 Å². The molecule has 1 amide bonds. The van der Waals surface area contributed by atoms with Gasteiger partial charge >= 0.3 is 0 Å². The first-order chi connectivity index (χ1) is 20.5. The summed E-state index contributed by atoms with van der Waals surface area (Å²) in [5, 5.41) is 5.35. The van der Waals surface area contributed by atoms with Crippen molar-refractivity contribution in [2.24, 2.45) is 5.10 Å². The molecule has 0 aliphatic rings. The Labute approximate surface area is 277 Å². The molecule has 4 aromatic carbocycles. The molecule has 0 aliphatic heterocycles. The third-order valence-corrected chi connectivity index (χ3v) is 9.55. The number of benzene rings is 4. The van der Waals surface area contributed by atoms with Crippen LogP contribution in [0.3, 0.4) is 0 Å². The second-order valence-electron chi connectivity index (χ2n) is 8.77. The number of methoxy groups -OCH3 is 1. The number of rotatable bonds is 11. The fourth-order valence-electron chi connectivity index (χ4n) is 3.76. The summed E-state index contributed by atoms with van der Waals surface area (Å²) in [6.45, 7) is -0.421. The molecule has 0 radical (unpaired) electrons. The van der Waals surface area contributed by atoms with Crippen molar-refractivity contribution >= 4 is 90.2 Å². The summed E-state index contributed by atoms with van der Waals surface area (Å²) in [6, 6.07) is 20.5. The van der Waals surface area contributed by atoms with Crippen molar-refractivity contribution in [2.45, 2.75) is 11.5 Å². The van der Waals surface area contributed by atoms with Crippen LogP contribution in [0, 0.1) is 0 Å². The number of carbonyl (C=O) groups excluding carboxylic acids is 1. The zero-order chi connectivity index (χ0) is 31.1. The number of nitrogens with one attached hydrogen (secondary N) is 1. The van der Waals surface area contributed by atoms with Crippen LogP contribution < -0.4 is 19.2 Å². The predicted molar refractivity (Wildman–Crippen MR) is 175 cm³/mol. The second kappa shape index (κ2) is 14.7. The summed E-state index contributed by atoms with van der Waals surface area (Å²) in [7, 11) is -2.65. The smallest absolute Gasteiger partial charge is 0.264 e. The van der Waals surface area contributed by atoms with E-state index >= 15 is 0 Å². The third kappa shape index (κ3) is 8.35. The number of halogens is 5.